The van der Waals surface area contributed by atoms with Crippen molar-refractivity contribution in [1.29, 1.82) is 0 Å². The number of nitrogens with zero attached hydrogens (tertiary/aromatic N) is 1. The summed E-state index contributed by atoms with van der Waals surface area (Å²) in [5, 5.41) is 12.0. The van der Waals surface area contributed by atoms with Gasteiger partial charge < -0.3 is 5.32 Å². The van der Waals surface area contributed by atoms with Crippen LogP contribution in [0.5, 0.6) is 0 Å². The van der Waals surface area contributed by atoms with E-state index in [1.54, 1.807) is 0 Å². The molecule has 0 aliphatic carbocycles. The second-order valence-electron chi connectivity index (χ2n) is 2.89. The summed E-state index contributed by atoms with van der Waals surface area (Å²) in [7, 11) is 1.89. The standard InChI is InChI=1S/C9H10ClN3/c1-11-5-9-7-4-6(10)2-3-8(7)12-13-9/h2-4,11H,5H2,1H3,(H,12,13). The molecule has 1 heterocycles. The van der Waals surface area contributed by atoms with Crippen LogP contribution in [0.1, 0.15) is 5.69 Å². The van der Waals surface area contributed by atoms with Crippen molar-refractivity contribution in [2.75, 3.05) is 7.05 Å². The highest BCUT2D eigenvalue weighted by Crippen LogP contribution is 2.20. The van der Waals surface area contributed by atoms with Crippen LogP contribution in [0.25, 0.3) is 10.9 Å². The molecule has 0 unspecified atom stereocenters. The molecule has 2 N–H and O–H groups in total. The smallest absolute Gasteiger partial charge is 0.0839 e. The summed E-state index contributed by atoms with van der Waals surface area (Å²) in [6.07, 6.45) is 0. The summed E-state index contributed by atoms with van der Waals surface area (Å²) in [6.45, 7) is 0.750. The van der Waals surface area contributed by atoms with Gasteiger partial charge in [0.2, 0.25) is 0 Å². The molecule has 0 spiro atoms. The average molecular weight is 196 g/mol. The molecule has 0 bridgehead atoms. The number of halogens is 1. The fourth-order valence-corrected chi connectivity index (χ4v) is 1.51. The Balaban J connectivity index is 2.58. The van der Waals surface area contributed by atoms with Crippen LogP contribution in [0.4, 0.5) is 0 Å². The minimum absolute atomic E-state index is 0.742. The van der Waals surface area contributed by atoms with Crippen molar-refractivity contribution >= 4 is 22.5 Å². The molecule has 0 aliphatic heterocycles. The van der Waals surface area contributed by atoms with Crippen LogP contribution in [-0.2, 0) is 6.54 Å². The predicted molar refractivity (Wildman–Crippen MR) is 53.9 cm³/mol. The maximum Gasteiger partial charge on any atom is 0.0839 e. The summed E-state index contributed by atoms with van der Waals surface area (Å²) < 4.78 is 0. The number of hydrogen-bond acceptors (Lipinski definition) is 2. The van der Waals surface area contributed by atoms with Crippen molar-refractivity contribution in [1.82, 2.24) is 15.5 Å². The fourth-order valence-electron chi connectivity index (χ4n) is 1.34. The van der Waals surface area contributed by atoms with Crippen LogP contribution in [0.3, 0.4) is 0 Å². The molecule has 0 saturated heterocycles. The Morgan fingerprint density at radius 1 is 1.54 bits per heavy atom. The van der Waals surface area contributed by atoms with E-state index >= 15 is 0 Å². The first-order valence-electron chi connectivity index (χ1n) is 4.08. The van der Waals surface area contributed by atoms with E-state index in [0.29, 0.717) is 0 Å². The van der Waals surface area contributed by atoms with Crippen LogP contribution in [0.2, 0.25) is 5.02 Å². The zero-order chi connectivity index (χ0) is 9.26. The summed E-state index contributed by atoms with van der Waals surface area (Å²) in [6, 6.07) is 5.71. The Hall–Kier alpha value is -1.06. The molecule has 4 heteroatoms. The third-order valence-corrected chi connectivity index (χ3v) is 2.18. The van der Waals surface area contributed by atoms with Gasteiger partial charge in [-0.25, -0.2) is 0 Å². The van der Waals surface area contributed by atoms with Gasteiger partial charge in [0, 0.05) is 17.0 Å². The van der Waals surface area contributed by atoms with Crippen molar-refractivity contribution in [3.05, 3.63) is 28.9 Å². The van der Waals surface area contributed by atoms with Crippen molar-refractivity contribution < 1.29 is 0 Å². The molecule has 1 aromatic carbocycles. The minimum atomic E-state index is 0.742. The van der Waals surface area contributed by atoms with E-state index in [1.807, 2.05) is 25.2 Å². The SMILES string of the molecule is CNCc1n[nH]c2ccc(Cl)cc12. The van der Waals surface area contributed by atoms with Gasteiger partial charge in [-0.2, -0.15) is 5.10 Å². The van der Waals surface area contributed by atoms with Crippen LogP contribution in [0, 0.1) is 0 Å². The van der Waals surface area contributed by atoms with Gasteiger partial charge >= 0.3 is 0 Å². The van der Waals surface area contributed by atoms with E-state index < -0.39 is 0 Å². The van der Waals surface area contributed by atoms with Gasteiger partial charge in [-0.3, -0.25) is 5.10 Å². The topological polar surface area (TPSA) is 40.7 Å². The van der Waals surface area contributed by atoms with Crippen molar-refractivity contribution in [3.63, 3.8) is 0 Å². The first-order valence-corrected chi connectivity index (χ1v) is 4.46. The number of nitrogens with one attached hydrogen (secondary N) is 2. The second-order valence-corrected chi connectivity index (χ2v) is 3.33. The Morgan fingerprint density at radius 3 is 3.15 bits per heavy atom. The number of benzene rings is 1. The lowest BCUT2D eigenvalue weighted by Crippen LogP contribution is -2.05. The molecule has 68 valence electrons. The number of rotatable bonds is 2. The molecule has 13 heavy (non-hydrogen) atoms. The van der Waals surface area contributed by atoms with Gasteiger partial charge in [0.15, 0.2) is 0 Å². The molecular weight excluding hydrogens is 186 g/mol. The molecule has 0 atom stereocenters. The molecule has 2 rings (SSSR count). The first-order chi connectivity index (χ1) is 6.31. The van der Waals surface area contributed by atoms with Gasteiger partial charge in [0.1, 0.15) is 0 Å². The maximum atomic E-state index is 5.89. The lowest BCUT2D eigenvalue weighted by atomic mass is 10.2. The first kappa shape index (κ1) is 8.53. The molecule has 2 aromatic rings. The predicted octanol–water partition coefficient (Wildman–Crippen LogP) is 1.94. The molecule has 0 saturated carbocycles. The molecule has 0 aliphatic rings. The second kappa shape index (κ2) is 3.36. The third-order valence-electron chi connectivity index (χ3n) is 1.95. The van der Waals surface area contributed by atoms with E-state index in [9.17, 15) is 0 Å². The number of H-pyrrole nitrogens is 1. The van der Waals surface area contributed by atoms with E-state index in [-0.39, 0.29) is 0 Å². The van der Waals surface area contributed by atoms with E-state index in [0.717, 1.165) is 28.2 Å². The third kappa shape index (κ3) is 1.53. The molecule has 3 nitrogen and oxygen atoms in total. The number of hydrogen-bond donors (Lipinski definition) is 2. The van der Waals surface area contributed by atoms with E-state index in [1.165, 1.54) is 0 Å². The Labute approximate surface area is 81.1 Å². The van der Waals surface area contributed by atoms with Crippen LogP contribution in [0.15, 0.2) is 18.2 Å². The molecular formula is C9H10ClN3. The zero-order valence-electron chi connectivity index (χ0n) is 7.26. The summed E-state index contributed by atoms with van der Waals surface area (Å²) in [4.78, 5) is 0. The average Bonchev–Trinajstić information content (AvgIpc) is 2.49. The number of fused-ring (bicyclic) bond motifs is 1. The van der Waals surface area contributed by atoms with Crippen molar-refractivity contribution in [3.8, 4) is 0 Å². The lowest BCUT2D eigenvalue weighted by Gasteiger charge is -1.95. The summed E-state index contributed by atoms with van der Waals surface area (Å²) in [5.74, 6) is 0. The Bertz CT molecular complexity index is 422. The molecule has 0 fully saturated rings. The minimum Gasteiger partial charge on any atom is -0.314 e. The summed E-state index contributed by atoms with van der Waals surface area (Å²) >= 11 is 5.89. The van der Waals surface area contributed by atoms with Crippen LogP contribution < -0.4 is 5.32 Å². The molecule has 0 amide bonds. The van der Waals surface area contributed by atoms with Crippen LogP contribution in [-0.4, -0.2) is 17.2 Å². The fraction of sp³-hybridized carbons (Fsp3) is 0.222. The van der Waals surface area contributed by atoms with Gasteiger partial charge in [0.05, 0.1) is 11.2 Å². The quantitative estimate of drug-likeness (QED) is 0.769. The van der Waals surface area contributed by atoms with Gasteiger partial charge in [0.25, 0.3) is 0 Å². The highest BCUT2D eigenvalue weighted by Gasteiger charge is 2.04. The maximum absolute atomic E-state index is 5.89. The van der Waals surface area contributed by atoms with Crippen LogP contribution >= 0.6 is 11.6 Å². The van der Waals surface area contributed by atoms with E-state index in [2.05, 4.69) is 15.5 Å². The number of aromatic amines is 1. The van der Waals surface area contributed by atoms with Gasteiger partial charge in [-0.05, 0) is 25.2 Å². The van der Waals surface area contributed by atoms with Gasteiger partial charge in [-0.15, -0.1) is 0 Å². The highest BCUT2D eigenvalue weighted by molar-refractivity contribution is 6.31. The Kier molecular flexibility index (Phi) is 2.20. The molecule has 0 radical (unpaired) electrons. The highest BCUT2D eigenvalue weighted by atomic mass is 35.5. The van der Waals surface area contributed by atoms with Crippen molar-refractivity contribution in [2.45, 2.75) is 6.54 Å². The molecule has 1 aromatic heterocycles. The summed E-state index contributed by atoms with van der Waals surface area (Å²) in [5.41, 5.74) is 2.02. The number of aromatic nitrogens is 2. The zero-order valence-corrected chi connectivity index (χ0v) is 8.02. The monoisotopic (exact) mass is 195 g/mol. The van der Waals surface area contributed by atoms with Crippen molar-refractivity contribution in [2.24, 2.45) is 0 Å². The largest absolute Gasteiger partial charge is 0.314 e. The Morgan fingerprint density at radius 2 is 2.38 bits per heavy atom. The van der Waals surface area contributed by atoms with Gasteiger partial charge in [-0.1, -0.05) is 11.6 Å². The lowest BCUT2D eigenvalue weighted by molar-refractivity contribution is 0.789. The van der Waals surface area contributed by atoms with E-state index in [4.69, 9.17) is 11.6 Å². The normalized spacial score (nSPS) is 10.9.